The van der Waals surface area contributed by atoms with Crippen LogP contribution in [0.4, 0.5) is 0 Å². The second-order valence-corrected chi connectivity index (χ2v) is 4.14. The van der Waals surface area contributed by atoms with Crippen molar-refractivity contribution in [2.24, 2.45) is 0 Å². The number of fused-ring (bicyclic) bond motifs is 1. The summed E-state index contributed by atoms with van der Waals surface area (Å²) in [5.74, 6) is 0.483. The van der Waals surface area contributed by atoms with Crippen molar-refractivity contribution >= 4 is 22.8 Å². The average Bonchev–Trinajstić information content (AvgIpc) is 2.51. The van der Waals surface area contributed by atoms with E-state index in [0.29, 0.717) is 0 Å². The van der Waals surface area contributed by atoms with Gasteiger partial charge in [-0.1, -0.05) is 48.6 Å². The Bertz CT molecular complexity index is 669. The van der Waals surface area contributed by atoms with Crippen molar-refractivity contribution in [2.75, 3.05) is 14.2 Å². The number of hydrogen-bond acceptors (Lipinski definition) is 3. The van der Waals surface area contributed by atoms with E-state index in [9.17, 15) is 4.79 Å². The van der Waals surface area contributed by atoms with Gasteiger partial charge in [0.05, 0.1) is 14.2 Å². The van der Waals surface area contributed by atoms with Crippen molar-refractivity contribution in [3.05, 3.63) is 60.2 Å². The van der Waals surface area contributed by atoms with Gasteiger partial charge >= 0.3 is 5.97 Å². The summed E-state index contributed by atoms with van der Waals surface area (Å²) in [5, 5.41) is 2.17. The van der Waals surface area contributed by atoms with E-state index in [4.69, 9.17) is 4.74 Å². The van der Waals surface area contributed by atoms with Crippen LogP contribution in [0.2, 0.25) is 0 Å². The summed E-state index contributed by atoms with van der Waals surface area (Å²) in [6.07, 6.45) is 6.79. The molecule has 0 fully saturated rings. The fourth-order valence-electron chi connectivity index (χ4n) is 1.98. The highest BCUT2D eigenvalue weighted by Gasteiger charge is 2.03. The molecule has 0 aromatic heterocycles. The van der Waals surface area contributed by atoms with Crippen molar-refractivity contribution in [1.29, 1.82) is 0 Å². The number of carbonyl (C=O) groups excluding carboxylic acids is 1. The van der Waals surface area contributed by atoms with Crippen LogP contribution in [-0.4, -0.2) is 20.2 Å². The number of rotatable bonds is 4. The van der Waals surface area contributed by atoms with Crippen LogP contribution in [0.15, 0.2) is 54.6 Å². The maximum atomic E-state index is 11.0. The zero-order valence-electron chi connectivity index (χ0n) is 11.5. The molecule has 3 nitrogen and oxygen atoms in total. The van der Waals surface area contributed by atoms with Crippen molar-refractivity contribution in [3.63, 3.8) is 0 Å². The molecule has 0 saturated carbocycles. The van der Waals surface area contributed by atoms with Gasteiger partial charge in [-0.15, -0.1) is 0 Å². The molecule has 0 unspecified atom stereocenters. The Hall–Kier alpha value is -2.55. The van der Waals surface area contributed by atoms with Gasteiger partial charge in [0.2, 0.25) is 0 Å². The SMILES string of the molecule is COC(=O)/C=C/C=C/c1ccc(OC)c2ccccc12. The number of benzene rings is 2. The lowest BCUT2D eigenvalue weighted by Gasteiger charge is -2.07. The highest BCUT2D eigenvalue weighted by Crippen LogP contribution is 2.28. The van der Waals surface area contributed by atoms with Crippen LogP contribution in [0.25, 0.3) is 16.8 Å². The minimum atomic E-state index is -0.366. The lowest BCUT2D eigenvalue weighted by Crippen LogP contribution is -1.92. The topological polar surface area (TPSA) is 35.5 Å². The third-order valence-electron chi connectivity index (χ3n) is 2.96. The van der Waals surface area contributed by atoms with Gasteiger partial charge in [-0.3, -0.25) is 0 Å². The molecule has 0 aliphatic carbocycles. The Morgan fingerprint density at radius 2 is 1.75 bits per heavy atom. The predicted molar refractivity (Wildman–Crippen MR) is 80.7 cm³/mol. The van der Waals surface area contributed by atoms with Gasteiger partial charge in [-0.2, -0.15) is 0 Å². The summed E-state index contributed by atoms with van der Waals surface area (Å²) >= 11 is 0. The van der Waals surface area contributed by atoms with E-state index in [2.05, 4.69) is 4.74 Å². The van der Waals surface area contributed by atoms with Crippen molar-refractivity contribution in [1.82, 2.24) is 0 Å². The summed E-state index contributed by atoms with van der Waals surface area (Å²) in [6.45, 7) is 0. The first-order valence-corrected chi connectivity index (χ1v) is 6.24. The molecule has 0 heterocycles. The molecule has 2 aromatic rings. The molecule has 102 valence electrons. The smallest absolute Gasteiger partial charge is 0.330 e. The summed E-state index contributed by atoms with van der Waals surface area (Å²) in [5.41, 5.74) is 1.07. The first-order chi connectivity index (χ1) is 9.76. The van der Waals surface area contributed by atoms with Crippen LogP contribution >= 0.6 is 0 Å². The summed E-state index contributed by atoms with van der Waals surface area (Å²) < 4.78 is 9.88. The third kappa shape index (κ3) is 3.06. The summed E-state index contributed by atoms with van der Waals surface area (Å²) in [4.78, 5) is 11.0. The number of allylic oxidation sites excluding steroid dienone is 2. The number of carbonyl (C=O) groups is 1. The molecule has 20 heavy (non-hydrogen) atoms. The fraction of sp³-hybridized carbons (Fsp3) is 0.118. The average molecular weight is 268 g/mol. The quantitative estimate of drug-likeness (QED) is 0.483. The Morgan fingerprint density at radius 3 is 2.45 bits per heavy atom. The lowest BCUT2D eigenvalue weighted by molar-refractivity contribution is -0.134. The first kappa shape index (κ1) is 13.9. The molecule has 0 bridgehead atoms. The Labute approximate surface area is 118 Å². The standard InChI is InChI=1S/C17H16O3/c1-19-16-12-11-13(7-3-6-10-17(18)20-2)14-8-4-5-9-15(14)16/h3-12H,1-2H3/b7-3+,10-6+. The number of methoxy groups -OCH3 is 2. The van der Waals surface area contributed by atoms with E-state index in [1.165, 1.54) is 13.2 Å². The van der Waals surface area contributed by atoms with Crippen molar-refractivity contribution in [2.45, 2.75) is 0 Å². The van der Waals surface area contributed by atoms with E-state index in [0.717, 1.165) is 22.1 Å². The number of esters is 1. The van der Waals surface area contributed by atoms with E-state index in [-0.39, 0.29) is 5.97 Å². The number of hydrogen-bond donors (Lipinski definition) is 0. The maximum absolute atomic E-state index is 11.0. The van der Waals surface area contributed by atoms with Crippen LogP contribution in [0, 0.1) is 0 Å². The zero-order valence-corrected chi connectivity index (χ0v) is 11.5. The van der Waals surface area contributed by atoms with Crippen LogP contribution in [0.5, 0.6) is 5.75 Å². The molecule has 3 heteroatoms. The van der Waals surface area contributed by atoms with Crippen LogP contribution < -0.4 is 4.74 Å². The van der Waals surface area contributed by atoms with Gasteiger partial charge in [0.25, 0.3) is 0 Å². The minimum Gasteiger partial charge on any atom is -0.496 e. The Balaban J connectivity index is 2.34. The monoisotopic (exact) mass is 268 g/mol. The molecular formula is C17H16O3. The second kappa shape index (κ2) is 6.57. The molecular weight excluding hydrogens is 252 g/mol. The third-order valence-corrected chi connectivity index (χ3v) is 2.96. The van der Waals surface area contributed by atoms with Crippen molar-refractivity contribution in [3.8, 4) is 5.75 Å². The molecule has 0 saturated heterocycles. The molecule has 0 spiro atoms. The van der Waals surface area contributed by atoms with Gasteiger partial charge in [0.15, 0.2) is 0 Å². The largest absolute Gasteiger partial charge is 0.496 e. The van der Waals surface area contributed by atoms with Crippen LogP contribution in [0.1, 0.15) is 5.56 Å². The molecule has 2 rings (SSSR count). The molecule has 0 radical (unpaired) electrons. The van der Waals surface area contributed by atoms with Gasteiger partial charge in [-0.05, 0) is 17.0 Å². The van der Waals surface area contributed by atoms with E-state index >= 15 is 0 Å². The molecule has 0 aliphatic rings. The first-order valence-electron chi connectivity index (χ1n) is 6.24. The van der Waals surface area contributed by atoms with Crippen LogP contribution in [0.3, 0.4) is 0 Å². The Kier molecular flexibility index (Phi) is 4.56. The maximum Gasteiger partial charge on any atom is 0.330 e. The zero-order chi connectivity index (χ0) is 14.4. The van der Waals surface area contributed by atoms with Crippen molar-refractivity contribution < 1.29 is 14.3 Å². The Morgan fingerprint density at radius 1 is 1.00 bits per heavy atom. The summed E-state index contributed by atoms with van der Waals surface area (Å²) in [7, 11) is 3.02. The highest BCUT2D eigenvalue weighted by atomic mass is 16.5. The molecule has 2 aromatic carbocycles. The van der Waals surface area contributed by atoms with Gasteiger partial charge in [0.1, 0.15) is 5.75 Å². The lowest BCUT2D eigenvalue weighted by atomic mass is 10.0. The molecule has 0 atom stereocenters. The van der Waals surface area contributed by atoms with Crippen LogP contribution in [-0.2, 0) is 9.53 Å². The predicted octanol–water partition coefficient (Wildman–Crippen LogP) is 3.59. The van der Waals surface area contributed by atoms with Gasteiger partial charge in [-0.25, -0.2) is 4.79 Å². The molecule has 0 amide bonds. The van der Waals surface area contributed by atoms with Gasteiger partial charge in [0, 0.05) is 11.5 Å². The van der Waals surface area contributed by atoms with Gasteiger partial charge < -0.3 is 9.47 Å². The molecule has 0 aliphatic heterocycles. The van der Waals surface area contributed by atoms with E-state index < -0.39 is 0 Å². The minimum absolute atomic E-state index is 0.366. The second-order valence-electron chi connectivity index (χ2n) is 4.14. The summed E-state index contributed by atoms with van der Waals surface area (Å²) in [6, 6.07) is 12.0. The highest BCUT2D eigenvalue weighted by molar-refractivity contribution is 5.95. The number of ether oxygens (including phenoxy) is 2. The van der Waals surface area contributed by atoms with E-state index in [1.807, 2.05) is 48.6 Å². The van der Waals surface area contributed by atoms with E-state index in [1.54, 1.807) is 13.2 Å². The molecule has 0 N–H and O–H groups in total. The fourth-order valence-corrected chi connectivity index (χ4v) is 1.98. The normalized spacial score (nSPS) is 11.3.